The van der Waals surface area contributed by atoms with E-state index in [4.69, 9.17) is 5.73 Å². The third-order valence-electron chi connectivity index (χ3n) is 3.97. The Bertz CT molecular complexity index is 861. The van der Waals surface area contributed by atoms with E-state index in [0.717, 1.165) is 21.4 Å². The number of nitrogen functional groups attached to an aromatic ring is 1. The Balaban J connectivity index is 2.18. The maximum absolute atomic E-state index is 12.8. The van der Waals surface area contributed by atoms with E-state index in [-0.39, 0.29) is 5.78 Å². The molecule has 0 aliphatic rings. The third-order valence-corrected chi connectivity index (χ3v) is 5.01. The SMILES string of the molecule is Cc1sc(N)c(C(=O)c2cc(C)c3ccccc3c2)c1C. The molecule has 0 saturated carbocycles. The van der Waals surface area contributed by atoms with Crippen molar-refractivity contribution in [2.75, 3.05) is 5.73 Å². The molecule has 0 fully saturated rings. The molecule has 106 valence electrons. The number of rotatable bonds is 2. The maximum Gasteiger partial charge on any atom is 0.196 e. The first-order valence-corrected chi connectivity index (χ1v) is 7.70. The standard InChI is InChI=1S/C18H17NOS/c1-10-8-14(9-13-6-4-5-7-15(10)13)17(20)16-11(2)12(3)21-18(16)19/h4-9H,19H2,1-3H3. The number of thiophene rings is 1. The van der Waals surface area contributed by atoms with E-state index in [2.05, 4.69) is 6.07 Å². The van der Waals surface area contributed by atoms with Crippen LogP contribution >= 0.6 is 11.3 Å². The van der Waals surface area contributed by atoms with Crippen LogP contribution in [0.15, 0.2) is 36.4 Å². The number of nitrogens with two attached hydrogens (primary N) is 1. The van der Waals surface area contributed by atoms with Crippen molar-refractivity contribution in [3.8, 4) is 0 Å². The van der Waals surface area contributed by atoms with Gasteiger partial charge in [-0.05, 0) is 54.8 Å². The number of fused-ring (bicyclic) bond motifs is 1. The summed E-state index contributed by atoms with van der Waals surface area (Å²) < 4.78 is 0. The van der Waals surface area contributed by atoms with Crippen molar-refractivity contribution in [2.45, 2.75) is 20.8 Å². The van der Waals surface area contributed by atoms with Gasteiger partial charge in [-0.15, -0.1) is 11.3 Å². The zero-order chi connectivity index (χ0) is 15.1. The number of benzene rings is 2. The largest absolute Gasteiger partial charge is 0.390 e. The van der Waals surface area contributed by atoms with Crippen LogP contribution in [0.4, 0.5) is 5.00 Å². The minimum absolute atomic E-state index is 0.0169. The molecule has 0 spiro atoms. The van der Waals surface area contributed by atoms with Gasteiger partial charge >= 0.3 is 0 Å². The lowest BCUT2D eigenvalue weighted by Crippen LogP contribution is -2.05. The van der Waals surface area contributed by atoms with Gasteiger partial charge in [-0.1, -0.05) is 24.3 Å². The van der Waals surface area contributed by atoms with Crippen LogP contribution in [0.2, 0.25) is 0 Å². The second kappa shape index (κ2) is 5.01. The number of carbonyl (C=O) groups is 1. The Kier molecular flexibility index (Phi) is 3.30. The minimum atomic E-state index is 0.0169. The number of hydrogen-bond donors (Lipinski definition) is 1. The first kappa shape index (κ1) is 13.8. The molecule has 0 unspecified atom stereocenters. The molecule has 0 atom stereocenters. The van der Waals surface area contributed by atoms with Gasteiger partial charge in [0, 0.05) is 10.4 Å². The second-order valence-corrected chi connectivity index (χ2v) is 6.62. The van der Waals surface area contributed by atoms with Crippen molar-refractivity contribution in [3.05, 3.63) is 63.5 Å². The van der Waals surface area contributed by atoms with Crippen LogP contribution < -0.4 is 5.73 Å². The highest BCUT2D eigenvalue weighted by atomic mass is 32.1. The average Bonchev–Trinajstić information content (AvgIpc) is 2.71. The van der Waals surface area contributed by atoms with E-state index in [0.29, 0.717) is 16.1 Å². The highest BCUT2D eigenvalue weighted by Gasteiger charge is 2.19. The Morgan fingerprint density at radius 1 is 1.10 bits per heavy atom. The van der Waals surface area contributed by atoms with Crippen LogP contribution in [0.25, 0.3) is 10.8 Å². The van der Waals surface area contributed by atoms with E-state index in [1.54, 1.807) is 0 Å². The first-order chi connectivity index (χ1) is 9.99. The lowest BCUT2D eigenvalue weighted by atomic mass is 9.96. The van der Waals surface area contributed by atoms with Crippen molar-refractivity contribution in [1.29, 1.82) is 0 Å². The molecule has 1 aromatic heterocycles. The summed E-state index contributed by atoms with van der Waals surface area (Å²) in [5.41, 5.74) is 9.50. The molecule has 0 saturated heterocycles. The molecular weight excluding hydrogens is 278 g/mol. The lowest BCUT2D eigenvalue weighted by Gasteiger charge is -2.07. The zero-order valence-electron chi connectivity index (χ0n) is 12.4. The predicted molar refractivity (Wildman–Crippen MR) is 90.3 cm³/mol. The molecule has 3 rings (SSSR count). The molecule has 0 bridgehead atoms. The molecule has 1 heterocycles. The fourth-order valence-corrected chi connectivity index (χ4v) is 3.65. The number of anilines is 1. The van der Waals surface area contributed by atoms with Gasteiger partial charge < -0.3 is 5.73 Å². The molecule has 0 aliphatic heterocycles. The maximum atomic E-state index is 12.8. The average molecular weight is 295 g/mol. The zero-order valence-corrected chi connectivity index (χ0v) is 13.2. The van der Waals surface area contributed by atoms with Gasteiger partial charge in [0.15, 0.2) is 5.78 Å². The Labute approximate surface area is 128 Å². The quantitative estimate of drug-likeness (QED) is 0.700. The normalized spacial score (nSPS) is 11.0. The summed E-state index contributed by atoms with van der Waals surface area (Å²) in [6.07, 6.45) is 0. The molecule has 3 aromatic rings. The summed E-state index contributed by atoms with van der Waals surface area (Å²) in [6, 6.07) is 12.0. The molecule has 2 N–H and O–H groups in total. The first-order valence-electron chi connectivity index (χ1n) is 6.88. The van der Waals surface area contributed by atoms with Crippen LogP contribution in [0.3, 0.4) is 0 Å². The molecule has 2 aromatic carbocycles. The van der Waals surface area contributed by atoms with E-state index in [1.807, 2.05) is 51.1 Å². The summed E-state index contributed by atoms with van der Waals surface area (Å²) in [6.45, 7) is 6.00. The smallest absolute Gasteiger partial charge is 0.196 e. The summed E-state index contributed by atoms with van der Waals surface area (Å²) in [5, 5.41) is 2.88. The van der Waals surface area contributed by atoms with Crippen molar-refractivity contribution in [2.24, 2.45) is 0 Å². The predicted octanol–water partition coefficient (Wildman–Crippen LogP) is 4.64. The van der Waals surface area contributed by atoms with Gasteiger partial charge in [-0.25, -0.2) is 0 Å². The van der Waals surface area contributed by atoms with E-state index in [9.17, 15) is 4.79 Å². The fourth-order valence-electron chi connectivity index (χ4n) is 2.71. The van der Waals surface area contributed by atoms with Crippen LogP contribution in [-0.2, 0) is 0 Å². The lowest BCUT2D eigenvalue weighted by molar-refractivity contribution is 0.103. The van der Waals surface area contributed by atoms with Crippen molar-refractivity contribution >= 4 is 32.9 Å². The molecule has 3 heteroatoms. The van der Waals surface area contributed by atoms with E-state index in [1.165, 1.54) is 16.7 Å². The third kappa shape index (κ3) is 2.24. The summed E-state index contributed by atoms with van der Waals surface area (Å²) in [5.74, 6) is 0.0169. The monoisotopic (exact) mass is 295 g/mol. The summed E-state index contributed by atoms with van der Waals surface area (Å²) >= 11 is 1.48. The Hall–Kier alpha value is -2.13. The minimum Gasteiger partial charge on any atom is -0.390 e. The van der Waals surface area contributed by atoms with Gasteiger partial charge in [0.2, 0.25) is 0 Å². The number of hydrogen-bond acceptors (Lipinski definition) is 3. The van der Waals surface area contributed by atoms with Gasteiger partial charge in [0.05, 0.1) is 10.6 Å². The molecule has 0 radical (unpaired) electrons. The molecular formula is C18H17NOS. The Morgan fingerprint density at radius 3 is 2.48 bits per heavy atom. The van der Waals surface area contributed by atoms with Crippen LogP contribution in [0, 0.1) is 20.8 Å². The van der Waals surface area contributed by atoms with Gasteiger partial charge in [0.1, 0.15) is 0 Å². The highest BCUT2D eigenvalue weighted by molar-refractivity contribution is 7.16. The molecule has 21 heavy (non-hydrogen) atoms. The van der Waals surface area contributed by atoms with Crippen LogP contribution in [0.5, 0.6) is 0 Å². The number of ketones is 1. The van der Waals surface area contributed by atoms with Gasteiger partial charge in [0.25, 0.3) is 0 Å². The van der Waals surface area contributed by atoms with Crippen molar-refractivity contribution < 1.29 is 4.79 Å². The van der Waals surface area contributed by atoms with Gasteiger partial charge in [-0.2, -0.15) is 0 Å². The van der Waals surface area contributed by atoms with Crippen molar-refractivity contribution in [1.82, 2.24) is 0 Å². The van der Waals surface area contributed by atoms with Crippen LogP contribution in [-0.4, -0.2) is 5.78 Å². The topological polar surface area (TPSA) is 43.1 Å². The molecule has 0 aliphatic carbocycles. The van der Waals surface area contributed by atoms with E-state index < -0.39 is 0 Å². The summed E-state index contributed by atoms with van der Waals surface area (Å²) in [4.78, 5) is 13.9. The Morgan fingerprint density at radius 2 is 1.81 bits per heavy atom. The van der Waals surface area contributed by atoms with Gasteiger partial charge in [-0.3, -0.25) is 4.79 Å². The molecule has 0 amide bonds. The number of carbonyl (C=O) groups excluding carboxylic acids is 1. The second-order valence-electron chi connectivity index (χ2n) is 5.37. The highest BCUT2D eigenvalue weighted by Crippen LogP contribution is 2.32. The molecule has 2 nitrogen and oxygen atoms in total. The van der Waals surface area contributed by atoms with E-state index >= 15 is 0 Å². The fraction of sp³-hybridized carbons (Fsp3) is 0.167. The van der Waals surface area contributed by atoms with Crippen molar-refractivity contribution in [3.63, 3.8) is 0 Å². The summed E-state index contributed by atoms with van der Waals surface area (Å²) in [7, 11) is 0. The van der Waals surface area contributed by atoms with Crippen LogP contribution in [0.1, 0.15) is 31.9 Å². The number of aryl methyl sites for hydroxylation is 2.